The van der Waals surface area contributed by atoms with Crippen LogP contribution in [0.4, 0.5) is 14.5 Å². The van der Waals surface area contributed by atoms with Crippen LogP contribution < -0.4 is 4.74 Å². The highest BCUT2D eigenvalue weighted by Crippen LogP contribution is 2.29. The number of ether oxygens (including phenoxy) is 1. The van der Waals surface area contributed by atoms with Crippen molar-refractivity contribution in [3.8, 4) is 11.4 Å². The summed E-state index contributed by atoms with van der Waals surface area (Å²) in [6.07, 6.45) is 1.69. The van der Waals surface area contributed by atoms with Gasteiger partial charge in [-0.1, -0.05) is 6.07 Å². The predicted octanol–water partition coefficient (Wildman–Crippen LogP) is 4.70. The molecule has 0 aliphatic rings. The van der Waals surface area contributed by atoms with Gasteiger partial charge in [0.05, 0.1) is 24.4 Å². The number of hydrogen-bond donors (Lipinski definition) is 1. The Morgan fingerprint density at radius 2 is 1.92 bits per heavy atom. The van der Waals surface area contributed by atoms with Crippen molar-refractivity contribution in [2.24, 2.45) is 0 Å². The molecule has 132 valence electrons. The maximum Gasteiger partial charge on any atom is 0.303 e. The molecule has 0 aliphatic carbocycles. The number of hydrogen-bond acceptors (Lipinski definition) is 2. The molecule has 0 spiro atoms. The maximum absolute atomic E-state index is 14.3. The molecule has 2 aromatic carbocycles. The Bertz CT molecular complexity index is 998. The minimum absolute atomic E-state index is 0.0919. The molecule has 1 aromatic heterocycles. The molecular weight excluding hydrogens is 342 g/mol. The van der Waals surface area contributed by atoms with Gasteiger partial charge in [-0.15, -0.1) is 0 Å². The second kappa shape index (κ2) is 7.23. The first-order valence-electron chi connectivity index (χ1n) is 7.82. The summed E-state index contributed by atoms with van der Waals surface area (Å²) in [5.74, 6) is -3.25. The zero-order chi connectivity index (χ0) is 18.7. The molecule has 3 aromatic rings. The molecule has 0 fully saturated rings. The van der Waals surface area contributed by atoms with Crippen LogP contribution in [0.15, 0.2) is 42.6 Å². The van der Waals surface area contributed by atoms with Gasteiger partial charge < -0.3 is 14.4 Å². The van der Waals surface area contributed by atoms with E-state index < -0.39 is 23.4 Å². The number of rotatable bonds is 6. The number of carbonyl (C=O) groups is 1. The zero-order valence-electron chi connectivity index (χ0n) is 13.6. The Labute approximate surface area is 147 Å². The topological polar surface area (TPSA) is 55.8 Å². The van der Waals surface area contributed by atoms with E-state index in [0.717, 1.165) is 17.5 Å². The summed E-state index contributed by atoms with van der Waals surface area (Å²) in [7, 11) is 0. The van der Waals surface area contributed by atoms with Gasteiger partial charge >= 0.3 is 5.97 Å². The molecule has 3 rings (SSSR count). The Morgan fingerprint density at radius 1 is 1.19 bits per heavy atom. The first kappa shape index (κ1) is 17.4. The Morgan fingerprint density at radius 3 is 2.58 bits per heavy atom. The number of carboxylic acids is 1. The van der Waals surface area contributed by atoms with Crippen LogP contribution in [0.1, 0.15) is 12.8 Å². The summed E-state index contributed by atoms with van der Waals surface area (Å²) in [6.45, 7) is 6.94. The van der Waals surface area contributed by atoms with E-state index in [1.807, 2.05) is 0 Å². The van der Waals surface area contributed by atoms with E-state index in [4.69, 9.17) is 16.4 Å². The van der Waals surface area contributed by atoms with Gasteiger partial charge in [0.15, 0.2) is 23.1 Å². The van der Waals surface area contributed by atoms with E-state index in [1.165, 1.54) is 0 Å². The number of aromatic nitrogens is 1. The van der Waals surface area contributed by atoms with Crippen LogP contribution in [-0.2, 0) is 4.79 Å². The van der Waals surface area contributed by atoms with Crippen LogP contribution in [0.2, 0.25) is 0 Å². The molecule has 0 saturated heterocycles. The lowest BCUT2D eigenvalue weighted by molar-refractivity contribution is -0.137. The Kier molecular flexibility index (Phi) is 4.85. The fourth-order valence-corrected chi connectivity index (χ4v) is 2.65. The normalized spacial score (nSPS) is 10.7. The fourth-order valence-electron chi connectivity index (χ4n) is 2.65. The highest BCUT2D eigenvalue weighted by atomic mass is 19.1. The minimum Gasteiger partial charge on any atom is -0.488 e. The number of fused-ring (bicyclic) bond motifs is 1. The predicted molar refractivity (Wildman–Crippen MR) is 91.8 cm³/mol. The summed E-state index contributed by atoms with van der Waals surface area (Å²) < 4.78 is 35.2. The van der Waals surface area contributed by atoms with Crippen LogP contribution in [-0.4, -0.2) is 22.2 Å². The van der Waals surface area contributed by atoms with Crippen molar-refractivity contribution in [3.05, 3.63) is 65.6 Å². The van der Waals surface area contributed by atoms with Crippen molar-refractivity contribution < 1.29 is 23.4 Å². The molecule has 7 heteroatoms. The largest absolute Gasteiger partial charge is 0.488 e. The molecule has 1 heterocycles. The van der Waals surface area contributed by atoms with Crippen LogP contribution in [0, 0.1) is 18.2 Å². The van der Waals surface area contributed by atoms with E-state index in [1.54, 1.807) is 35.0 Å². The number of nitrogens with zero attached hydrogens (tertiary/aromatic N) is 2. The third-order valence-electron chi connectivity index (χ3n) is 3.85. The summed E-state index contributed by atoms with van der Waals surface area (Å²) in [6, 6.07) is 9.12. The molecule has 1 N–H and O–H groups in total. The van der Waals surface area contributed by atoms with Gasteiger partial charge in [-0.2, -0.15) is 0 Å². The summed E-state index contributed by atoms with van der Waals surface area (Å²) in [4.78, 5) is 13.8. The summed E-state index contributed by atoms with van der Waals surface area (Å²) in [5, 5.41) is 9.34. The van der Waals surface area contributed by atoms with E-state index in [0.29, 0.717) is 11.2 Å². The van der Waals surface area contributed by atoms with Crippen molar-refractivity contribution in [1.29, 1.82) is 0 Å². The van der Waals surface area contributed by atoms with Crippen molar-refractivity contribution in [1.82, 2.24) is 4.57 Å². The van der Waals surface area contributed by atoms with E-state index in [-0.39, 0.29) is 25.1 Å². The standard InChI is InChI=1S/C19H14F2N2O3/c1-22-13-4-5-17-12(9-13)6-7-23(17)14-10-15(20)19(16(21)11-14)26-8-2-3-18(24)25/h4-7,9-11H,2-3,8H2,(H,24,25). The molecule has 0 radical (unpaired) electrons. The second-order valence-electron chi connectivity index (χ2n) is 5.62. The molecule has 0 aliphatic heterocycles. The lowest BCUT2D eigenvalue weighted by atomic mass is 10.2. The van der Waals surface area contributed by atoms with Crippen molar-refractivity contribution >= 4 is 22.6 Å². The molecule has 0 saturated carbocycles. The molecule has 26 heavy (non-hydrogen) atoms. The van der Waals surface area contributed by atoms with E-state index in [2.05, 4.69) is 4.85 Å². The van der Waals surface area contributed by atoms with Crippen molar-refractivity contribution in [3.63, 3.8) is 0 Å². The second-order valence-corrected chi connectivity index (χ2v) is 5.62. The number of carboxylic acid groups (broad SMARTS) is 1. The minimum atomic E-state index is -0.995. The maximum atomic E-state index is 14.3. The third-order valence-corrected chi connectivity index (χ3v) is 3.85. The van der Waals surface area contributed by atoms with Gasteiger partial charge in [-0.25, -0.2) is 13.6 Å². The lowest BCUT2D eigenvalue weighted by Gasteiger charge is -2.11. The fraction of sp³-hybridized carbons (Fsp3) is 0.158. The summed E-state index contributed by atoms with van der Waals surface area (Å²) in [5.41, 5.74) is 1.48. The highest BCUT2D eigenvalue weighted by molar-refractivity contribution is 5.85. The number of benzene rings is 2. The number of halogens is 2. The molecular formula is C19H14F2N2O3. The lowest BCUT2D eigenvalue weighted by Crippen LogP contribution is -2.05. The van der Waals surface area contributed by atoms with Crippen LogP contribution in [0.25, 0.3) is 21.4 Å². The average molecular weight is 356 g/mol. The first-order chi connectivity index (χ1) is 12.5. The Hall–Kier alpha value is -3.40. The third kappa shape index (κ3) is 3.49. The van der Waals surface area contributed by atoms with Gasteiger partial charge in [0, 0.05) is 24.8 Å². The molecule has 0 atom stereocenters. The van der Waals surface area contributed by atoms with E-state index >= 15 is 0 Å². The number of aliphatic carboxylic acids is 1. The SMILES string of the molecule is [C-]#[N+]c1ccc2c(ccn2-c2cc(F)c(OCCCC(=O)O)c(F)c2)c1. The van der Waals surface area contributed by atoms with Crippen LogP contribution >= 0.6 is 0 Å². The van der Waals surface area contributed by atoms with Crippen LogP contribution in [0.3, 0.4) is 0 Å². The quantitative estimate of drug-likeness (QED) is 0.514. The first-order valence-corrected chi connectivity index (χ1v) is 7.82. The van der Waals surface area contributed by atoms with Gasteiger partial charge in [0.2, 0.25) is 0 Å². The molecule has 0 amide bonds. The smallest absolute Gasteiger partial charge is 0.303 e. The monoisotopic (exact) mass is 356 g/mol. The van der Waals surface area contributed by atoms with Gasteiger partial charge in [-0.3, -0.25) is 4.79 Å². The van der Waals surface area contributed by atoms with Gasteiger partial charge in [0.1, 0.15) is 0 Å². The van der Waals surface area contributed by atoms with Gasteiger partial charge in [-0.05, 0) is 30.0 Å². The zero-order valence-corrected chi connectivity index (χ0v) is 13.6. The molecule has 0 unspecified atom stereocenters. The van der Waals surface area contributed by atoms with E-state index in [9.17, 15) is 13.6 Å². The van der Waals surface area contributed by atoms with Gasteiger partial charge in [0.25, 0.3) is 0 Å². The molecule has 5 nitrogen and oxygen atoms in total. The highest BCUT2D eigenvalue weighted by Gasteiger charge is 2.15. The molecule has 0 bridgehead atoms. The average Bonchev–Trinajstić information content (AvgIpc) is 3.03. The van der Waals surface area contributed by atoms with Crippen molar-refractivity contribution in [2.45, 2.75) is 12.8 Å². The van der Waals surface area contributed by atoms with Crippen LogP contribution in [0.5, 0.6) is 5.75 Å². The van der Waals surface area contributed by atoms with Crippen molar-refractivity contribution in [2.75, 3.05) is 6.61 Å². The Balaban J connectivity index is 1.88. The summed E-state index contributed by atoms with van der Waals surface area (Å²) >= 11 is 0.